The predicted molar refractivity (Wildman–Crippen MR) is 90.1 cm³/mol. The number of anilines is 1. The zero-order valence-electron chi connectivity index (χ0n) is 12.8. The Kier molecular flexibility index (Phi) is 2.69. The molecule has 3 aromatic heterocycles. The summed E-state index contributed by atoms with van der Waals surface area (Å²) in [5, 5.41) is 4.24. The first-order chi connectivity index (χ1) is 10.7. The largest absolute Gasteiger partial charge is 0.361 e. The second kappa shape index (κ2) is 4.59. The normalized spacial score (nSPS) is 11.4. The number of pyridine rings is 1. The van der Waals surface area contributed by atoms with Crippen molar-refractivity contribution >= 4 is 27.9 Å². The van der Waals surface area contributed by atoms with Gasteiger partial charge in [0.25, 0.3) is 0 Å². The summed E-state index contributed by atoms with van der Waals surface area (Å²) < 4.78 is 2.06. The van der Waals surface area contributed by atoms with Crippen LogP contribution in [0.15, 0.2) is 36.7 Å². The summed E-state index contributed by atoms with van der Waals surface area (Å²) in [5.74, 6) is 0.860. The summed E-state index contributed by atoms with van der Waals surface area (Å²) in [4.78, 5) is 12.5. The average molecular weight is 291 g/mol. The van der Waals surface area contributed by atoms with E-state index in [0.717, 1.165) is 39.1 Å². The van der Waals surface area contributed by atoms with Gasteiger partial charge in [0.15, 0.2) is 0 Å². The molecule has 110 valence electrons. The molecular weight excluding hydrogens is 274 g/mol. The molecule has 0 amide bonds. The quantitative estimate of drug-likeness (QED) is 0.594. The molecule has 0 atom stereocenters. The SMILES string of the molecule is CNc1nc2cc(-c3cc4[nH]ccc4cn3)c(C)cc2n1C. The third kappa shape index (κ3) is 1.79. The molecule has 3 heterocycles. The maximum atomic E-state index is 4.63. The number of hydrogen-bond donors (Lipinski definition) is 2. The lowest BCUT2D eigenvalue weighted by atomic mass is 10.0. The fraction of sp³-hybridized carbons (Fsp3) is 0.176. The van der Waals surface area contributed by atoms with Gasteiger partial charge in [-0.3, -0.25) is 4.98 Å². The van der Waals surface area contributed by atoms with Gasteiger partial charge in [-0.1, -0.05) is 0 Å². The van der Waals surface area contributed by atoms with Crippen LogP contribution < -0.4 is 5.32 Å². The Morgan fingerprint density at radius 3 is 2.91 bits per heavy atom. The molecule has 0 saturated carbocycles. The molecule has 4 aromatic rings. The van der Waals surface area contributed by atoms with Crippen LogP contribution in [0.25, 0.3) is 33.2 Å². The Bertz CT molecular complexity index is 993. The molecule has 5 nitrogen and oxygen atoms in total. The van der Waals surface area contributed by atoms with Gasteiger partial charge in [0.2, 0.25) is 5.95 Å². The molecule has 0 fully saturated rings. The van der Waals surface area contributed by atoms with E-state index in [1.807, 2.05) is 32.6 Å². The highest BCUT2D eigenvalue weighted by atomic mass is 15.2. The molecule has 0 aliphatic heterocycles. The maximum absolute atomic E-state index is 4.63. The Labute approximate surface area is 128 Å². The summed E-state index contributed by atoms with van der Waals surface area (Å²) >= 11 is 0. The Hall–Kier alpha value is -2.82. The second-order valence-electron chi connectivity index (χ2n) is 5.53. The molecule has 0 bridgehead atoms. The first-order valence-electron chi connectivity index (χ1n) is 7.25. The van der Waals surface area contributed by atoms with Gasteiger partial charge in [-0.05, 0) is 36.8 Å². The van der Waals surface area contributed by atoms with Crippen molar-refractivity contribution < 1.29 is 0 Å². The van der Waals surface area contributed by atoms with Crippen LogP contribution in [-0.4, -0.2) is 26.6 Å². The van der Waals surface area contributed by atoms with Crippen molar-refractivity contribution in [3.05, 3.63) is 42.2 Å². The predicted octanol–water partition coefficient (Wildman–Crippen LogP) is 3.47. The van der Waals surface area contributed by atoms with Crippen LogP contribution in [0.3, 0.4) is 0 Å². The van der Waals surface area contributed by atoms with E-state index in [4.69, 9.17) is 0 Å². The van der Waals surface area contributed by atoms with E-state index in [-0.39, 0.29) is 0 Å². The Balaban J connectivity index is 1.95. The van der Waals surface area contributed by atoms with E-state index < -0.39 is 0 Å². The molecule has 22 heavy (non-hydrogen) atoms. The highest BCUT2D eigenvalue weighted by molar-refractivity contribution is 5.88. The van der Waals surface area contributed by atoms with Crippen molar-refractivity contribution in [1.29, 1.82) is 0 Å². The van der Waals surface area contributed by atoms with Crippen LogP contribution in [0, 0.1) is 6.92 Å². The summed E-state index contributed by atoms with van der Waals surface area (Å²) in [7, 11) is 3.90. The monoisotopic (exact) mass is 291 g/mol. The van der Waals surface area contributed by atoms with Crippen molar-refractivity contribution in [2.45, 2.75) is 6.92 Å². The van der Waals surface area contributed by atoms with Crippen molar-refractivity contribution in [3.8, 4) is 11.3 Å². The van der Waals surface area contributed by atoms with Gasteiger partial charge >= 0.3 is 0 Å². The van der Waals surface area contributed by atoms with Crippen LogP contribution in [0.1, 0.15) is 5.56 Å². The van der Waals surface area contributed by atoms with E-state index in [1.165, 1.54) is 5.56 Å². The van der Waals surface area contributed by atoms with Crippen molar-refractivity contribution in [1.82, 2.24) is 19.5 Å². The average Bonchev–Trinajstić information content (AvgIpc) is 3.11. The smallest absolute Gasteiger partial charge is 0.203 e. The van der Waals surface area contributed by atoms with Crippen LogP contribution >= 0.6 is 0 Å². The maximum Gasteiger partial charge on any atom is 0.203 e. The van der Waals surface area contributed by atoms with Crippen LogP contribution in [0.4, 0.5) is 5.95 Å². The van der Waals surface area contributed by atoms with E-state index >= 15 is 0 Å². The number of aryl methyl sites for hydroxylation is 2. The van der Waals surface area contributed by atoms with Gasteiger partial charge in [0.05, 0.1) is 16.7 Å². The molecule has 1 aromatic carbocycles. The van der Waals surface area contributed by atoms with Gasteiger partial charge in [0, 0.05) is 43.0 Å². The summed E-state index contributed by atoms with van der Waals surface area (Å²) in [6.07, 6.45) is 3.84. The number of H-pyrrole nitrogens is 1. The third-order valence-corrected chi connectivity index (χ3v) is 4.16. The van der Waals surface area contributed by atoms with Crippen molar-refractivity contribution in [3.63, 3.8) is 0 Å². The molecule has 5 heteroatoms. The summed E-state index contributed by atoms with van der Waals surface area (Å²) in [5.41, 5.74) is 6.46. The highest BCUT2D eigenvalue weighted by Crippen LogP contribution is 2.29. The van der Waals surface area contributed by atoms with Gasteiger partial charge in [-0.25, -0.2) is 4.98 Å². The molecule has 2 N–H and O–H groups in total. The number of imidazole rings is 1. The van der Waals surface area contributed by atoms with Gasteiger partial charge in [-0.15, -0.1) is 0 Å². The first-order valence-corrected chi connectivity index (χ1v) is 7.25. The zero-order valence-corrected chi connectivity index (χ0v) is 12.8. The summed E-state index contributed by atoms with van der Waals surface area (Å²) in [6, 6.07) is 8.40. The Morgan fingerprint density at radius 1 is 1.23 bits per heavy atom. The fourth-order valence-corrected chi connectivity index (χ4v) is 2.93. The van der Waals surface area contributed by atoms with Crippen molar-refractivity contribution in [2.75, 3.05) is 12.4 Å². The minimum Gasteiger partial charge on any atom is -0.361 e. The molecule has 4 rings (SSSR count). The van der Waals surface area contributed by atoms with E-state index in [0.29, 0.717) is 0 Å². The number of aromatic amines is 1. The molecule has 0 radical (unpaired) electrons. The van der Waals surface area contributed by atoms with Crippen LogP contribution in [0.2, 0.25) is 0 Å². The number of hydrogen-bond acceptors (Lipinski definition) is 3. The number of fused-ring (bicyclic) bond motifs is 2. The van der Waals surface area contributed by atoms with Crippen molar-refractivity contribution in [2.24, 2.45) is 7.05 Å². The second-order valence-corrected chi connectivity index (χ2v) is 5.53. The molecule has 0 aliphatic carbocycles. The molecule has 0 saturated heterocycles. The van der Waals surface area contributed by atoms with Gasteiger partial charge in [-0.2, -0.15) is 0 Å². The number of rotatable bonds is 2. The minimum atomic E-state index is 0.860. The van der Waals surface area contributed by atoms with Gasteiger partial charge < -0.3 is 14.9 Å². The number of aromatic nitrogens is 4. The lowest BCUT2D eigenvalue weighted by molar-refractivity contribution is 0.952. The standard InChI is InChI=1S/C17H17N5/c1-10-6-16-15(21-17(18-2)22(16)3)7-12(10)14-8-13-11(9-20-14)4-5-19-13/h4-9,19H,1-3H3,(H,18,21). The van der Waals surface area contributed by atoms with Crippen LogP contribution in [0.5, 0.6) is 0 Å². The lowest BCUT2D eigenvalue weighted by Gasteiger charge is -2.06. The first kappa shape index (κ1) is 12.9. The summed E-state index contributed by atoms with van der Waals surface area (Å²) in [6.45, 7) is 2.11. The fourth-order valence-electron chi connectivity index (χ4n) is 2.93. The molecular formula is C17H17N5. The lowest BCUT2D eigenvalue weighted by Crippen LogP contribution is -1.97. The van der Waals surface area contributed by atoms with Crippen LogP contribution in [-0.2, 0) is 7.05 Å². The topological polar surface area (TPSA) is 58.5 Å². The number of nitrogens with zero attached hydrogens (tertiary/aromatic N) is 3. The van der Waals surface area contributed by atoms with E-state index in [2.05, 4.69) is 50.0 Å². The van der Waals surface area contributed by atoms with Gasteiger partial charge in [0.1, 0.15) is 0 Å². The number of nitrogens with one attached hydrogen (secondary N) is 2. The van der Waals surface area contributed by atoms with E-state index in [1.54, 1.807) is 0 Å². The highest BCUT2D eigenvalue weighted by Gasteiger charge is 2.12. The molecule has 0 spiro atoms. The molecule has 0 unspecified atom stereocenters. The number of benzene rings is 1. The zero-order chi connectivity index (χ0) is 15.3. The third-order valence-electron chi connectivity index (χ3n) is 4.16. The minimum absolute atomic E-state index is 0.860. The molecule has 0 aliphatic rings. The van der Waals surface area contributed by atoms with E-state index in [9.17, 15) is 0 Å². The Morgan fingerprint density at radius 2 is 2.09 bits per heavy atom.